The number of nitrogens with one attached hydrogen (secondary N) is 1. The third kappa shape index (κ3) is 3.67. The number of rotatable bonds is 4. The highest BCUT2D eigenvalue weighted by Gasteiger charge is 2.31. The summed E-state index contributed by atoms with van der Waals surface area (Å²) in [5, 5.41) is 9.64. The Labute approximate surface area is 146 Å². The van der Waals surface area contributed by atoms with E-state index in [4.69, 9.17) is 4.42 Å². The van der Waals surface area contributed by atoms with Crippen LogP contribution in [0.4, 0.5) is 18.9 Å². The first-order valence-corrected chi connectivity index (χ1v) is 8.72. The van der Waals surface area contributed by atoms with Gasteiger partial charge < -0.3 is 9.52 Å². The van der Waals surface area contributed by atoms with E-state index in [2.05, 4.69) is 4.72 Å². The van der Waals surface area contributed by atoms with Crippen LogP contribution >= 0.6 is 0 Å². The summed E-state index contributed by atoms with van der Waals surface area (Å²) in [4.78, 5) is -0.555. The molecule has 0 saturated carbocycles. The summed E-state index contributed by atoms with van der Waals surface area (Å²) in [5.41, 5.74) is -0.789. The molecule has 0 aliphatic rings. The number of benzene rings is 2. The molecule has 0 unspecified atom stereocenters. The topological polar surface area (TPSA) is 79.5 Å². The van der Waals surface area contributed by atoms with Crippen LogP contribution in [0.1, 0.15) is 5.56 Å². The Morgan fingerprint density at radius 1 is 1.00 bits per heavy atom. The van der Waals surface area contributed by atoms with Crippen LogP contribution in [0.2, 0.25) is 0 Å². The fourth-order valence-corrected chi connectivity index (χ4v) is 3.42. The van der Waals surface area contributed by atoms with Gasteiger partial charge in [-0.15, -0.1) is 0 Å². The number of phenols is 1. The molecular formula is C17H12F3NO4S. The zero-order valence-corrected chi connectivity index (χ0v) is 13.8. The monoisotopic (exact) mass is 383 g/mol. The second-order valence-electron chi connectivity index (χ2n) is 5.34. The van der Waals surface area contributed by atoms with Crippen molar-refractivity contribution in [3.05, 3.63) is 66.4 Å². The Morgan fingerprint density at radius 2 is 1.77 bits per heavy atom. The molecular weight excluding hydrogens is 371 g/mol. The van der Waals surface area contributed by atoms with Gasteiger partial charge in [0.15, 0.2) is 0 Å². The van der Waals surface area contributed by atoms with Gasteiger partial charge in [-0.3, -0.25) is 4.72 Å². The van der Waals surface area contributed by atoms with E-state index in [-0.39, 0.29) is 11.4 Å². The summed E-state index contributed by atoms with van der Waals surface area (Å²) < 4.78 is 70.9. The molecule has 0 amide bonds. The van der Waals surface area contributed by atoms with Crippen molar-refractivity contribution < 1.29 is 31.1 Å². The highest BCUT2D eigenvalue weighted by Crippen LogP contribution is 2.34. The maximum absolute atomic E-state index is 12.8. The van der Waals surface area contributed by atoms with Crippen molar-refractivity contribution in [2.45, 2.75) is 11.1 Å². The van der Waals surface area contributed by atoms with Gasteiger partial charge in [0.05, 0.1) is 22.4 Å². The van der Waals surface area contributed by atoms with Gasteiger partial charge in [-0.1, -0.05) is 6.07 Å². The predicted octanol–water partition coefficient (Wildman–Crippen LogP) is 4.47. The maximum Gasteiger partial charge on any atom is 0.416 e. The minimum Gasteiger partial charge on any atom is -0.508 e. The minimum absolute atomic E-state index is 0.0302. The lowest BCUT2D eigenvalue weighted by Gasteiger charge is -2.13. The first kappa shape index (κ1) is 17.9. The van der Waals surface area contributed by atoms with Crippen molar-refractivity contribution in [1.29, 1.82) is 0 Å². The summed E-state index contributed by atoms with van der Waals surface area (Å²) in [6, 6.07) is 10.4. The lowest BCUT2D eigenvalue weighted by molar-refractivity contribution is -0.137. The zero-order valence-electron chi connectivity index (χ0n) is 13.0. The van der Waals surface area contributed by atoms with Gasteiger partial charge in [0, 0.05) is 11.6 Å². The van der Waals surface area contributed by atoms with Gasteiger partial charge in [-0.05, 0) is 42.5 Å². The molecule has 1 aromatic heterocycles. The Morgan fingerprint density at radius 3 is 2.42 bits per heavy atom. The lowest BCUT2D eigenvalue weighted by Crippen LogP contribution is -2.15. The molecule has 3 aromatic rings. The van der Waals surface area contributed by atoms with Crippen LogP contribution in [-0.4, -0.2) is 13.5 Å². The molecule has 0 bridgehead atoms. The average molecular weight is 383 g/mol. The first-order chi connectivity index (χ1) is 12.2. The van der Waals surface area contributed by atoms with Crippen LogP contribution in [0.15, 0.2) is 70.2 Å². The molecule has 26 heavy (non-hydrogen) atoms. The van der Waals surface area contributed by atoms with Gasteiger partial charge in [-0.2, -0.15) is 13.2 Å². The van der Waals surface area contributed by atoms with Crippen LogP contribution in [-0.2, 0) is 16.2 Å². The lowest BCUT2D eigenvalue weighted by atomic mass is 10.1. The summed E-state index contributed by atoms with van der Waals surface area (Å²) in [7, 11) is -4.33. The SMILES string of the molecule is O=S(=O)(Nc1cc(O)ccc1-c1ccco1)c1cccc(C(F)(F)F)c1. The molecule has 9 heteroatoms. The Balaban J connectivity index is 2.03. The number of hydrogen-bond acceptors (Lipinski definition) is 4. The molecule has 0 atom stereocenters. The highest BCUT2D eigenvalue weighted by molar-refractivity contribution is 7.92. The van der Waals surface area contributed by atoms with Crippen molar-refractivity contribution >= 4 is 15.7 Å². The standard InChI is InChI=1S/C17H12F3NO4S/c18-17(19,20)11-3-1-4-13(9-11)26(23,24)21-15-10-12(22)6-7-14(15)16-5-2-8-25-16/h1-10,21-22H. The molecule has 0 saturated heterocycles. The van der Waals surface area contributed by atoms with Crippen molar-refractivity contribution in [2.75, 3.05) is 4.72 Å². The van der Waals surface area contributed by atoms with E-state index in [1.54, 1.807) is 12.1 Å². The number of sulfonamides is 1. The number of halogens is 3. The molecule has 2 aromatic carbocycles. The molecule has 1 heterocycles. The minimum atomic E-state index is -4.67. The van der Waals surface area contributed by atoms with E-state index in [0.717, 1.165) is 24.3 Å². The molecule has 0 radical (unpaired) electrons. The molecule has 136 valence electrons. The van der Waals surface area contributed by atoms with Crippen LogP contribution in [0.5, 0.6) is 5.75 Å². The molecule has 0 fully saturated rings. The van der Waals surface area contributed by atoms with Gasteiger partial charge in [0.2, 0.25) is 0 Å². The fraction of sp³-hybridized carbons (Fsp3) is 0.0588. The van der Waals surface area contributed by atoms with Crippen molar-refractivity contribution in [3.63, 3.8) is 0 Å². The van der Waals surface area contributed by atoms with E-state index in [1.807, 2.05) is 0 Å². The Kier molecular flexibility index (Phi) is 4.41. The number of phenolic OH excluding ortho intramolecular Hbond substituents is 1. The van der Waals surface area contributed by atoms with Gasteiger partial charge >= 0.3 is 6.18 Å². The van der Waals surface area contributed by atoms with Crippen LogP contribution in [0.25, 0.3) is 11.3 Å². The average Bonchev–Trinajstić information content (AvgIpc) is 3.08. The van der Waals surface area contributed by atoms with Crippen LogP contribution in [0, 0.1) is 0 Å². The second kappa shape index (κ2) is 6.41. The van der Waals surface area contributed by atoms with E-state index >= 15 is 0 Å². The predicted molar refractivity (Wildman–Crippen MR) is 88.1 cm³/mol. The van der Waals surface area contributed by atoms with Gasteiger partial charge in [-0.25, -0.2) is 8.42 Å². The van der Waals surface area contributed by atoms with Crippen molar-refractivity contribution in [2.24, 2.45) is 0 Å². The molecule has 2 N–H and O–H groups in total. The summed E-state index contributed by atoms with van der Waals surface area (Å²) >= 11 is 0. The quantitative estimate of drug-likeness (QED) is 0.697. The smallest absolute Gasteiger partial charge is 0.416 e. The Bertz CT molecular complexity index is 1030. The van der Waals surface area contributed by atoms with Gasteiger partial charge in [0.1, 0.15) is 11.5 Å². The van der Waals surface area contributed by atoms with Crippen molar-refractivity contribution in [3.8, 4) is 17.1 Å². The van der Waals surface area contributed by atoms with E-state index < -0.39 is 26.7 Å². The molecule has 5 nitrogen and oxygen atoms in total. The molecule has 3 rings (SSSR count). The molecule has 0 aliphatic heterocycles. The van der Waals surface area contributed by atoms with Crippen LogP contribution < -0.4 is 4.72 Å². The number of anilines is 1. The van der Waals surface area contributed by atoms with E-state index in [9.17, 15) is 26.7 Å². The highest BCUT2D eigenvalue weighted by atomic mass is 32.2. The largest absolute Gasteiger partial charge is 0.508 e. The van der Waals surface area contributed by atoms with E-state index in [0.29, 0.717) is 17.4 Å². The first-order valence-electron chi connectivity index (χ1n) is 7.24. The summed E-state index contributed by atoms with van der Waals surface area (Å²) in [6.45, 7) is 0. The van der Waals surface area contributed by atoms with Crippen molar-refractivity contribution in [1.82, 2.24) is 0 Å². The van der Waals surface area contributed by atoms with Gasteiger partial charge in [0.25, 0.3) is 10.0 Å². The van der Waals surface area contributed by atoms with E-state index in [1.165, 1.54) is 18.4 Å². The summed E-state index contributed by atoms with van der Waals surface area (Å²) in [6.07, 6.45) is -3.29. The third-order valence-electron chi connectivity index (χ3n) is 3.51. The maximum atomic E-state index is 12.8. The third-order valence-corrected chi connectivity index (χ3v) is 4.87. The molecule has 0 spiro atoms. The Hall–Kier alpha value is -2.94. The summed E-state index contributed by atoms with van der Waals surface area (Å²) in [5.74, 6) is 0.105. The number of furan rings is 1. The number of alkyl halides is 3. The molecule has 0 aliphatic carbocycles. The fourth-order valence-electron chi connectivity index (χ4n) is 2.31. The zero-order chi connectivity index (χ0) is 18.9. The number of hydrogen-bond donors (Lipinski definition) is 2. The normalized spacial score (nSPS) is 12.1. The second-order valence-corrected chi connectivity index (χ2v) is 7.02. The van der Waals surface area contributed by atoms with Crippen LogP contribution in [0.3, 0.4) is 0 Å². The number of aromatic hydroxyl groups is 1.